The summed E-state index contributed by atoms with van der Waals surface area (Å²) in [4.78, 5) is 10.3. The highest BCUT2D eigenvalue weighted by Gasteiger charge is 2.05. The van der Waals surface area contributed by atoms with Crippen LogP contribution in [0, 0.1) is 5.82 Å². The molecule has 150 valence electrons. The number of benzene rings is 1. The highest BCUT2D eigenvalue weighted by atomic mass is 19.1. The molecule has 0 atom stereocenters. The quantitative estimate of drug-likeness (QED) is 0.320. The van der Waals surface area contributed by atoms with Crippen LogP contribution in [0.15, 0.2) is 29.4 Å². The van der Waals surface area contributed by atoms with Gasteiger partial charge < -0.3 is 20.5 Å². The number of guanidine groups is 1. The van der Waals surface area contributed by atoms with Crippen molar-refractivity contribution in [1.82, 2.24) is 20.5 Å². The van der Waals surface area contributed by atoms with Crippen LogP contribution in [0.2, 0.25) is 0 Å². The molecule has 5 nitrogen and oxygen atoms in total. The minimum atomic E-state index is -0.211. The van der Waals surface area contributed by atoms with Gasteiger partial charge in [-0.25, -0.2) is 4.39 Å². The van der Waals surface area contributed by atoms with Gasteiger partial charge in [-0.2, -0.15) is 0 Å². The van der Waals surface area contributed by atoms with Crippen LogP contribution in [0.4, 0.5) is 4.39 Å². The smallest absolute Gasteiger partial charge is 0.191 e. The molecule has 0 amide bonds. The number of hydrogen-bond acceptors (Lipinski definition) is 2. The van der Waals surface area contributed by atoms with Crippen LogP contribution < -0.4 is 10.6 Å². The zero-order valence-corrected chi connectivity index (χ0v) is 16.9. The Morgan fingerprint density at radius 2 is 1.96 bits per heavy atom. The summed E-state index contributed by atoms with van der Waals surface area (Å²) in [6.07, 6.45) is 5.10. The number of halogens is 1. The monoisotopic (exact) mass is 375 g/mol. The number of rotatable bonds is 11. The molecule has 1 heterocycles. The zero-order valence-electron chi connectivity index (χ0n) is 16.9. The summed E-state index contributed by atoms with van der Waals surface area (Å²) in [5.41, 5.74) is 2.03. The third kappa shape index (κ3) is 6.86. The van der Waals surface area contributed by atoms with Gasteiger partial charge >= 0.3 is 0 Å². The number of nitrogens with one attached hydrogen (secondary N) is 3. The molecule has 27 heavy (non-hydrogen) atoms. The lowest BCUT2D eigenvalue weighted by atomic mass is 10.1. The van der Waals surface area contributed by atoms with Crippen LogP contribution >= 0.6 is 0 Å². The molecular weight excluding hydrogens is 341 g/mol. The van der Waals surface area contributed by atoms with E-state index in [-0.39, 0.29) is 5.82 Å². The van der Waals surface area contributed by atoms with Crippen LogP contribution in [0.3, 0.4) is 0 Å². The van der Waals surface area contributed by atoms with Crippen molar-refractivity contribution in [3.05, 3.63) is 35.8 Å². The number of fused-ring (bicyclic) bond motifs is 1. The number of aliphatic imine (C=N–C) groups is 1. The Labute approximate surface area is 162 Å². The Morgan fingerprint density at radius 1 is 1.15 bits per heavy atom. The molecule has 1 aromatic heterocycles. The van der Waals surface area contributed by atoms with Crippen molar-refractivity contribution in [2.24, 2.45) is 4.99 Å². The van der Waals surface area contributed by atoms with Gasteiger partial charge in [-0.15, -0.1) is 0 Å². The van der Waals surface area contributed by atoms with Crippen molar-refractivity contribution in [3.8, 4) is 0 Å². The Bertz CT molecular complexity index is 706. The van der Waals surface area contributed by atoms with Crippen LogP contribution in [0.25, 0.3) is 10.9 Å². The molecule has 0 bridgehead atoms. The zero-order chi connectivity index (χ0) is 19.5. The maximum absolute atomic E-state index is 13.3. The molecule has 0 unspecified atom stereocenters. The molecule has 0 spiro atoms. The first kappa shape index (κ1) is 21.2. The fourth-order valence-corrected chi connectivity index (χ4v) is 3.20. The minimum Gasteiger partial charge on any atom is -0.361 e. The second-order valence-corrected chi connectivity index (χ2v) is 6.68. The molecule has 0 saturated heterocycles. The van der Waals surface area contributed by atoms with Crippen molar-refractivity contribution >= 4 is 16.9 Å². The van der Waals surface area contributed by atoms with E-state index >= 15 is 0 Å². The average molecular weight is 376 g/mol. The third-order valence-electron chi connectivity index (χ3n) is 4.81. The molecule has 3 N–H and O–H groups in total. The van der Waals surface area contributed by atoms with E-state index in [1.807, 2.05) is 12.3 Å². The van der Waals surface area contributed by atoms with Gasteiger partial charge in [0.1, 0.15) is 5.82 Å². The normalized spacial score (nSPS) is 12.1. The van der Waals surface area contributed by atoms with E-state index in [1.165, 1.54) is 24.1 Å². The molecule has 0 aliphatic carbocycles. The lowest BCUT2D eigenvalue weighted by molar-refractivity contribution is 0.297. The fraction of sp³-hybridized carbons (Fsp3) is 0.571. The SMILES string of the molecule is CCNC(=NCCCCN(CC)CC)NCCc1c[nH]c2cc(F)ccc12. The fourth-order valence-electron chi connectivity index (χ4n) is 3.20. The number of aromatic nitrogens is 1. The highest BCUT2D eigenvalue weighted by molar-refractivity contribution is 5.83. The molecule has 1 aromatic carbocycles. The number of unbranched alkanes of at least 4 members (excludes halogenated alkanes) is 1. The van der Waals surface area contributed by atoms with E-state index in [2.05, 4.69) is 46.3 Å². The van der Waals surface area contributed by atoms with E-state index in [1.54, 1.807) is 0 Å². The molecule has 0 aliphatic heterocycles. The Balaban J connectivity index is 1.77. The molecule has 0 fully saturated rings. The maximum Gasteiger partial charge on any atom is 0.191 e. The number of hydrogen-bond donors (Lipinski definition) is 3. The van der Waals surface area contributed by atoms with Crippen molar-refractivity contribution in [1.29, 1.82) is 0 Å². The van der Waals surface area contributed by atoms with E-state index in [4.69, 9.17) is 0 Å². The van der Waals surface area contributed by atoms with Crippen molar-refractivity contribution in [3.63, 3.8) is 0 Å². The molecule has 6 heteroatoms. The van der Waals surface area contributed by atoms with E-state index in [9.17, 15) is 4.39 Å². The van der Waals surface area contributed by atoms with E-state index in [0.717, 1.165) is 69.0 Å². The van der Waals surface area contributed by atoms with Crippen LogP contribution in [-0.2, 0) is 6.42 Å². The molecule has 0 aliphatic rings. The molecule has 2 aromatic rings. The first-order chi connectivity index (χ1) is 13.2. The van der Waals surface area contributed by atoms with Crippen LogP contribution in [-0.4, -0.2) is 55.1 Å². The minimum absolute atomic E-state index is 0.211. The average Bonchev–Trinajstić information content (AvgIpc) is 3.06. The topological polar surface area (TPSA) is 55.5 Å². The van der Waals surface area contributed by atoms with Gasteiger partial charge in [0.25, 0.3) is 0 Å². The third-order valence-corrected chi connectivity index (χ3v) is 4.81. The van der Waals surface area contributed by atoms with Gasteiger partial charge in [-0.05, 0) is 69.6 Å². The summed E-state index contributed by atoms with van der Waals surface area (Å²) in [6, 6.07) is 4.89. The first-order valence-electron chi connectivity index (χ1n) is 10.2. The summed E-state index contributed by atoms with van der Waals surface area (Å²) in [5, 5.41) is 7.78. The molecule has 0 saturated carbocycles. The van der Waals surface area contributed by atoms with E-state index in [0.29, 0.717) is 0 Å². The summed E-state index contributed by atoms with van der Waals surface area (Å²) in [5.74, 6) is 0.655. The molecular formula is C21H34FN5. The second-order valence-electron chi connectivity index (χ2n) is 6.68. The Morgan fingerprint density at radius 3 is 2.70 bits per heavy atom. The van der Waals surface area contributed by atoms with Crippen LogP contribution in [0.1, 0.15) is 39.2 Å². The van der Waals surface area contributed by atoms with E-state index < -0.39 is 0 Å². The largest absolute Gasteiger partial charge is 0.361 e. The summed E-state index contributed by atoms with van der Waals surface area (Å²) < 4.78 is 13.3. The lowest BCUT2D eigenvalue weighted by Gasteiger charge is -2.17. The lowest BCUT2D eigenvalue weighted by Crippen LogP contribution is -2.38. The standard InChI is InChI=1S/C21H34FN5/c1-4-23-21(24-12-7-8-14-27(5-2)6-3)25-13-11-17-16-26-20-15-18(22)9-10-19(17)20/h9-10,15-16,26H,4-8,11-14H2,1-3H3,(H2,23,24,25). The first-order valence-corrected chi connectivity index (χ1v) is 10.2. The van der Waals surface area contributed by atoms with Crippen LogP contribution in [0.5, 0.6) is 0 Å². The summed E-state index contributed by atoms with van der Waals surface area (Å²) in [6.45, 7) is 12.3. The van der Waals surface area contributed by atoms with Gasteiger partial charge in [0, 0.05) is 36.7 Å². The van der Waals surface area contributed by atoms with Crippen molar-refractivity contribution in [2.75, 3.05) is 39.3 Å². The second kappa shape index (κ2) is 11.6. The summed E-state index contributed by atoms with van der Waals surface area (Å²) >= 11 is 0. The van der Waals surface area contributed by atoms with Gasteiger partial charge in [-0.1, -0.05) is 13.8 Å². The maximum atomic E-state index is 13.3. The van der Waals surface area contributed by atoms with Crippen molar-refractivity contribution < 1.29 is 4.39 Å². The van der Waals surface area contributed by atoms with Crippen molar-refractivity contribution in [2.45, 2.75) is 40.0 Å². The predicted molar refractivity (Wildman–Crippen MR) is 113 cm³/mol. The van der Waals surface area contributed by atoms with Gasteiger partial charge in [-0.3, -0.25) is 4.99 Å². The number of aromatic amines is 1. The Kier molecular flexibility index (Phi) is 9.11. The Hall–Kier alpha value is -2.08. The molecule has 0 radical (unpaired) electrons. The van der Waals surface area contributed by atoms with Gasteiger partial charge in [0.2, 0.25) is 0 Å². The summed E-state index contributed by atoms with van der Waals surface area (Å²) in [7, 11) is 0. The number of nitrogens with zero attached hydrogens (tertiary/aromatic N) is 2. The highest BCUT2D eigenvalue weighted by Crippen LogP contribution is 2.19. The van der Waals surface area contributed by atoms with Gasteiger partial charge in [0.15, 0.2) is 5.96 Å². The molecule has 2 rings (SSSR count). The number of H-pyrrole nitrogens is 1. The predicted octanol–water partition coefficient (Wildman–Crippen LogP) is 3.53. The van der Waals surface area contributed by atoms with Gasteiger partial charge in [0.05, 0.1) is 0 Å².